The van der Waals surface area contributed by atoms with Crippen molar-refractivity contribution < 1.29 is 9.21 Å². The van der Waals surface area contributed by atoms with Gasteiger partial charge in [-0.2, -0.15) is 0 Å². The maximum Gasteiger partial charge on any atom is 0.226 e. The zero-order valence-electron chi connectivity index (χ0n) is 11.4. The van der Waals surface area contributed by atoms with E-state index in [1.54, 1.807) is 17.6 Å². The Hall–Kier alpha value is -2.33. The van der Waals surface area contributed by atoms with Gasteiger partial charge in [0.1, 0.15) is 11.8 Å². The smallest absolute Gasteiger partial charge is 0.226 e. The van der Waals surface area contributed by atoms with E-state index in [4.69, 9.17) is 4.42 Å². The maximum atomic E-state index is 12.2. The molecule has 3 aromatic rings. The van der Waals surface area contributed by atoms with Crippen LogP contribution in [0.4, 0.5) is 0 Å². The van der Waals surface area contributed by atoms with Crippen molar-refractivity contribution in [2.45, 2.75) is 12.5 Å². The second kappa shape index (κ2) is 6.41. The number of hydrogen-bond acceptors (Lipinski definition) is 3. The molecule has 1 amide bonds. The van der Waals surface area contributed by atoms with Gasteiger partial charge in [-0.25, -0.2) is 0 Å². The molecule has 0 saturated carbocycles. The van der Waals surface area contributed by atoms with E-state index in [2.05, 4.69) is 5.32 Å². The summed E-state index contributed by atoms with van der Waals surface area (Å²) in [7, 11) is 0. The molecular formula is C17H15NO2S. The van der Waals surface area contributed by atoms with Gasteiger partial charge in [-0.15, -0.1) is 11.3 Å². The van der Waals surface area contributed by atoms with E-state index >= 15 is 0 Å². The number of furan rings is 1. The summed E-state index contributed by atoms with van der Waals surface area (Å²) in [6.45, 7) is 0. The quantitative estimate of drug-likeness (QED) is 0.778. The lowest BCUT2D eigenvalue weighted by molar-refractivity contribution is -0.121. The van der Waals surface area contributed by atoms with E-state index in [1.807, 2.05) is 60.0 Å². The molecule has 0 spiro atoms. The van der Waals surface area contributed by atoms with Gasteiger partial charge in [0.15, 0.2) is 0 Å². The van der Waals surface area contributed by atoms with Gasteiger partial charge >= 0.3 is 0 Å². The van der Waals surface area contributed by atoms with Crippen molar-refractivity contribution in [2.75, 3.05) is 0 Å². The molecule has 106 valence electrons. The SMILES string of the molecule is O=C(Cc1cccs1)NC(c1ccccc1)c1ccco1. The molecule has 0 saturated heterocycles. The second-order valence-corrected chi connectivity index (χ2v) is 5.72. The van der Waals surface area contributed by atoms with Crippen LogP contribution < -0.4 is 5.32 Å². The predicted molar refractivity (Wildman–Crippen MR) is 83.2 cm³/mol. The van der Waals surface area contributed by atoms with E-state index in [0.717, 1.165) is 16.2 Å². The fourth-order valence-corrected chi connectivity index (χ4v) is 2.91. The van der Waals surface area contributed by atoms with Crippen molar-refractivity contribution in [2.24, 2.45) is 0 Å². The molecule has 0 aliphatic carbocycles. The second-order valence-electron chi connectivity index (χ2n) is 4.68. The summed E-state index contributed by atoms with van der Waals surface area (Å²) in [5.41, 5.74) is 1.01. The van der Waals surface area contributed by atoms with Crippen molar-refractivity contribution in [1.29, 1.82) is 0 Å². The number of hydrogen-bond donors (Lipinski definition) is 1. The molecule has 3 rings (SSSR count). The summed E-state index contributed by atoms with van der Waals surface area (Å²) in [6.07, 6.45) is 2.01. The average Bonchev–Trinajstić information content (AvgIpc) is 3.19. The third-order valence-electron chi connectivity index (χ3n) is 3.18. The first-order valence-corrected chi connectivity index (χ1v) is 7.61. The Labute approximate surface area is 127 Å². The lowest BCUT2D eigenvalue weighted by Crippen LogP contribution is -2.30. The standard InChI is InChI=1S/C17H15NO2S/c19-16(12-14-8-5-11-21-14)18-17(15-9-4-10-20-15)13-6-2-1-3-7-13/h1-11,17H,12H2,(H,18,19). The highest BCUT2D eigenvalue weighted by molar-refractivity contribution is 7.10. The first kappa shape index (κ1) is 13.6. The molecule has 3 nitrogen and oxygen atoms in total. The van der Waals surface area contributed by atoms with Crippen LogP contribution in [-0.2, 0) is 11.2 Å². The first-order chi connectivity index (χ1) is 10.3. The Morgan fingerprint density at radius 2 is 1.95 bits per heavy atom. The molecule has 0 radical (unpaired) electrons. The Morgan fingerprint density at radius 3 is 2.62 bits per heavy atom. The molecule has 0 bridgehead atoms. The minimum atomic E-state index is -0.256. The number of carbonyl (C=O) groups is 1. The Bertz CT molecular complexity index is 675. The lowest BCUT2D eigenvalue weighted by atomic mass is 10.0. The molecule has 4 heteroatoms. The number of carbonyl (C=O) groups excluding carboxylic acids is 1. The minimum Gasteiger partial charge on any atom is -0.467 e. The molecular weight excluding hydrogens is 282 g/mol. The summed E-state index contributed by atoms with van der Waals surface area (Å²) in [5.74, 6) is 0.725. The number of amides is 1. The van der Waals surface area contributed by atoms with Gasteiger partial charge in [-0.05, 0) is 29.1 Å². The Kier molecular flexibility index (Phi) is 4.17. The molecule has 21 heavy (non-hydrogen) atoms. The molecule has 0 aliphatic rings. The van der Waals surface area contributed by atoms with Gasteiger partial charge in [0, 0.05) is 4.88 Å². The van der Waals surface area contributed by atoms with Crippen molar-refractivity contribution in [3.05, 3.63) is 82.4 Å². The third-order valence-corrected chi connectivity index (χ3v) is 4.06. The van der Waals surface area contributed by atoms with Gasteiger partial charge in [0.2, 0.25) is 5.91 Å². The first-order valence-electron chi connectivity index (χ1n) is 6.73. The van der Waals surface area contributed by atoms with Crippen molar-refractivity contribution >= 4 is 17.2 Å². The molecule has 1 aromatic carbocycles. The van der Waals surface area contributed by atoms with Crippen LogP contribution in [0.25, 0.3) is 0 Å². The highest BCUT2D eigenvalue weighted by atomic mass is 32.1. The fourth-order valence-electron chi connectivity index (χ4n) is 2.20. The number of benzene rings is 1. The van der Waals surface area contributed by atoms with Gasteiger partial charge in [0.25, 0.3) is 0 Å². The highest BCUT2D eigenvalue weighted by Crippen LogP contribution is 2.22. The largest absolute Gasteiger partial charge is 0.467 e. The van der Waals surface area contributed by atoms with Crippen LogP contribution in [0.1, 0.15) is 22.2 Å². The lowest BCUT2D eigenvalue weighted by Gasteiger charge is -2.17. The molecule has 0 fully saturated rings. The normalized spacial score (nSPS) is 12.0. The molecule has 1 atom stereocenters. The van der Waals surface area contributed by atoms with Crippen LogP contribution in [0.5, 0.6) is 0 Å². The zero-order valence-corrected chi connectivity index (χ0v) is 12.2. The summed E-state index contributed by atoms with van der Waals surface area (Å²) < 4.78 is 5.47. The van der Waals surface area contributed by atoms with Crippen LogP contribution in [0, 0.1) is 0 Å². The Balaban J connectivity index is 1.78. The van der Waals surface area contributed by atoms with Crippen molar-refractivity contribution in [3.8, 4) is 0 Å². The summed E-state index contributed by atoms with van der Waals surface area (Å²) in [6, 6.07) is 17.2. The van der Waals surface area contributed by atoms with E-state index < -0.39 is 0 Å². The van der Waals surface area contributed by atoms with Gasteiger partial charge < -0.3 is 9.73 Å². The average molecular weight is 297 g/mol. The minimum absolute atomic E-state index is 0.0114. The van der Waals surface area contributed by atoms with E-state index in [-0.39, 0.29) is 11.9 Å². The predicted octanol–water partition coefficient (Wildman–Crippen LogP) is 3.79. The number of thiophene rings is 1. The van der Waals surface area contributed by atoms with E-state index in [1.165, 1.54) is 0 Å². The maximum absolute atomic E-state index is 12.2. The van der Waals surface area contributed by atoms with Crippen LogP contribution in [0.3, 0.4) is 0 Å². The third kappa shape index (κ3) is 3.41. The van der Waals surface area contributed by atoms with Gasteiger partial charge in [-0.1, -0.05) is 36.4 Å². The molecule has 2 heterocycles. The van der Waals surface area contributed by atoms with Gasteiger partial charge in [-0.3, -0.25) is 4.79 Å². The van der Waals surface area contributed by atoms with Crippen LogP contribution >= 0.6 is 11.3 Å². The van der Waals surface area contributed by atoms with Gasteiger partial charge in [0.05, 0.1) is 12.7 Å². The molecule has 0 aliphatic heterocycles. The van der Waals surface area contributed by atoms with Crippen molar-refractivity contribution in [3.63, 3.8) is 0 Å². The summed E-state index contributed by atoms with van der Waals surface area (Å²) in [5, 5.41) is 5.02. The fraction of sp³-hybridized carbons (Fsp3) is 0.118. The van der Waals surface area contributed by atoms with Crippen LogP contribution in [0.2, 0.25) is 0 Å². The Morgan fingerprint density at radius 1 is 1.10 bits per heavy atom. The summed E-state index contributed by atoms with van der Waals surface area (Å²) in [4.78, 5) is 13.3. The molecule has 1 unspecified atom stereocenters. The molecule has 1 N–H and O–H groups in total. The number of rotatable bonds is 5. The molecule has 2 aromatic heterocycles. The number of nitrogens with one attached hydrogen (secondary N) is 1. The zero-order chi connectivity index (χ0) is 14.5. The van der Waals surface area contributed by atoms with E-state index in [0.29, 0.717) is 6.42 Å². The van der Waals surface area contributed by atoms with Crippen LogP contribution in [0.15, 0.2) is 70.7 Å². The highest BCUT2D eigenvalue weighted by Gasteiger charge is 2.19. The van der Waals surface area contributed by atoms with Crippen LogP contribution in [-0.4, -0.2) is 5.91 Å². The monoisotopic (exact) mass is 297 g/mol. The topological polar surface area (TPSA) is 42.2 Å². The van der Waals surface area contributed by atoms with E-state index in [9.17, 15) is 4.79 Å². The summed E-state index contributed by atoms with van der Waals surface area (Å²) >= 11 is 1.59. The van der Waals surface area contributed by atoms with Crippen molar-refractivity contribution in [1.82, 2.24) is 5.32 Å².